The SMILES string of the molecule is CCCCCCCCCCCC(=O)N[C@H](CCC(=O)NC(CO)CCC[C@@H](N)C(=O)O)C(=O)O. The first-order valence-corrected chi connectivity index (χ1v) is 12.6. The maximum absolute atomic E-state index is 12.1. The molecule has 0 aromatic carbocycles. The Morgan fingerprint density at radius 1 is 0.706 bits per heavy atom. The summed E-state index contributed by atoms with van der Waals surface area (Å²) >= 11 is 0. The second kappa shape index (κ2) is 20.2. The minimum Gasteiger partial charge on any atom is -0.480 e. The Kier molecular flexibility index (Phi) is 18.9. The Bertz CT molecular complexity index is 601. The highest BCUT2D eigenvalue weighted by Gasteiger charge is 2.22. The monoisotopic (exact) mass is 487 g/mol. The van der Waals surface area contributed by atoms with Crippen molar-refractivity contribution >= 4 is 23.8 Å². The zero-order valence-electron chi connectivity index (χ0n) is 20.6. The van der Waals surface area contributed by atoms with Crippen LogP contribution in [0, 0.1) is 0 Å². The number of hydrogen-bond donors (Lipinski definition) is 6. The number of aliphatic hydroxyl groups is 1. The zero-order valence-corrected chi connectivity index (χ0v) is 20.6. The molecule has 0 rings (SSSR count). The van der Waals surface area contributed by atoms with E-state index in [4.69, 9.17) is 10.8 Å². The highest BCUT2D eigenvalue weighted by atomic mass is 16.4. The van der Waals surface area contributed by atoms with Gasteiger partial charge in [0.1, 0.15) is 12.1 Å². The number of nitrogens with one attached hydrogen (secondary N) is 2. The molecule has 0 heterocycles. The Hall–Kier alpha value is -2.20. The van der Waals surface area contributed by atoms with Gasteiger partial charge in [-0.15, -0.1) is 0 Å². The number of amides is 2. The number of carbonyl (C=O) groups is 4. The van der Waals surface area contributed by atoms with Crippen LogP contribution in [0.2, 0.25) is 0 Å². The highest BCUT2D eigenvalue weighted by Crippen LogP contribution is 2.11. The quantitative estimate of drug-likeness (QED) is 0.126. The van der Waals surface area contributed by atoms with Crippen LogP contribution in [0.3, 0.4) is 0 Å². The predicted molar refractivity (Wildman–Crippen MR) is 129 cm³/mol. The zero-order chi connectivity index (χ0) is 25.8. The van der Waals surface area contributed by atoms with Gasteiger partial charge in [0.2, 0.25) is 11.8 Å². The lowest BCUT2D eigenvalue weighted by atomic mass is 10.1. The van der Waals surface area contributed by atoms with Gasteiger partial charge in [0.15, 0.2) is 0 Å². The molecule has 0 aromatic heterocycles. The molecule has 3 atom stereocenters. The topological polar surface area (TPSA) is 179 Å². The smallest absolute Gasteiger partial charge is 0.326 e. The van der Waals surface area contributed by atoms with E-state index in [9.17, 15) is 29.4 Å². The van der Waals surface area contributed by atoms with E-state index in [0.29, 0.717) is 19.3 Å². The molecule has 10 nitrogen and oxygen atoms in total. The van der Waals surface area contributed by atoms with Gasteiger partial charge in [-0.05, 0) is 32.1 Å². The molecule has 0 saturated carbocycles. The molecule has 0 saturated heterocycles. The molecular weight excluding hydrogens is 442 g/mol. The van der Waals surface area contributed by atoms with E-state index in [1.807, 2.05) is 0 Å². The van der Waals surface area contributed by atoms with Gasteiger partial charge in [-0.3, -0.25) is 14.4 Å². The second-order valence-electron chi connectivity index (χ2n) is 8.90. The fourth-order valence-electron chi connectivity index (χ4n) is 3.61. The summed E-state index contributed by atoms with van der Waals surface area (Å²) < 4.78 is 0. The van der Waals surface area contributed by atoms with Gasteiger partial charge < -0.3 is 31.7 Å². The molecule has 0 aromatic rings. The number of unbranched alkanes of at least 4 members (excludes halogenated alkanes) is 8. The fourth-order valence-corrected chi connectivity index (χ4v) is 3.61. The van der Waals surface area contributed by atoms with Crippen LogP contribution in [0.15, 0.2) is 0 Å². The Morgan fingerprint density at radius 2 is 1.26 bits per heavy atom. The Morgan fingerprint density at radius 3 is 1.79 bits per heavy atom. The number of hydrogen-bond acceptors (Lipinski definition) is 6. The van der Waals surface area contributed by atoms with Crippen molar-refractivity contribution < 1.29 is 34.5 Å². The second-order valence-corrected chi connectivity index (χ2v) is 8.90. The average Bonchev–Trinajstić information content (AvgIpc) is 2.79. The van der Waals surface area contributed by atoms with E-state index < -0.39 is 36.0 Å². The van der Waals surface area contributed by atoms with Crippen molar-refractivity contribution in [2.24, 2.45) is 5.73 Å². The number of nitrogens with two attached hydrogens (primary N) is 1. The fraction of sp³-hybridized carbons (Fsp3) is 0.833. The molecule has 0 aliphatic carbocycles. The van der Waals surface area contributed by atoms with Crippen LogP contribution >= 0.6 is 0 Å². The molecule has 0 bridgehead atoms. The van der Waals surface area contributed by atoms with Crippen LogP contribution in [0.5, 0.6) is 0 Å². The summed E-state index contributed by atoms with van der Waals surface area (Å²) in [6, 6.07) is -2.72. The lowest BCUT2D eigenvalue weighted by Gasteiger charge is -2.18. The van der Waals surface area contributed by atoms with Crippen LogP contribution in [0.1, 0.15) is 103 Å². The first-order chi connectivity index (χ1) is 16.2. The van der Waals surface area contributed by atoms with Crippen LogP contribution in [0.4, 0.5) is 0 Å². The largest absolute Gasteiger partial charge is 0.480 e. The third-order valence-electron chi connectivity index (χ3n) is 5.77. The average molecular weight is 488 g/mol. The van der Waals surface area contributed by atoms with Crippen LogP contribution in [-0.4, -0.2) is 63.8 Å². The first-order valence-electron chi connectivity index (χ1n) is 12.6. The first kappa shape index (κ1) is 31.8. The summed E-state index contributed by atoms with van der Waals surface area (Å²) in [5.41, 5.74) is 5.43. The van der Waals surface area contributed by atoms with Gasteiger partial charge in [-0.1, -0.05) is 58.3 Å². The summed E-state index contributed by atoms with van der Waals surface area (Å²) in [5, 5.41) is 32.6. The predicted octanol–water partition coefficient (Wildman–Crippen LogP) is 2.32. The third-order valence-corrected chi connectivity index (χ3v) is 5.77. The molecule has 34 heavy (non-hydrogen) atoms. The van der Waals surface area contributed by atoms with Gasteiger partial charge >= 0.3 is 11.9 Å². The maximum atomic E-state index is 12.1. The van der Waals surface area contributed by atoms with Crippen molar-refractivity contribution in [1.29, 1.82) is 0 Å². The van der Waals surface area contributed by atoms with E-state index in [0.717, 1.165) is 19.3 Å². The third kappa shape index (κ3) is 17.3. The van der Waals surface area contributed by atoms with Gasteiger partial charge in [0.05, 0.1) is 12.6 Å². The standard InChI is InChI=1S/C24H45N3O7/c1-2-3-4-5-6-7-8-9-10-14-21(29)27-20(24(33)34)15-16-22(30)26-18(17-28)12-11-13-19(25)23(31)32/h18-20,28H,2-17,25H2,1H3,(H,26,30)(H,27,29)(H,31,32)(H,33,34)/t18?,19-,20-/m1/s1. The summed E-state index contributed by atoms with van der Waals surface area (Å²) in [4.78, 5) is 46.4. The molecular formula is C24H45N3O7. The van der Waals surface area contributed by atoms with Crippen molar-refractivity contribution in [3.8, 4) is 0 Å². The molecule has 0 fully saturated rings. The maximum Gasteiger partial charge on any atom is 0.326 e. The molecule has 1 unspecified atom stereocenters. The van der Waals surface area contributed by atoms with Gasteiger partial charge in [0.25, 0.3) is 0 Å². The molecule has 0 spiro atoms. The number of aliphatic carboxylic acids is 2. The van der Waals surface area contributed by atoms with Crippen molar-refractivity contribution in [2.45, 2.75) is 121 Å². The molecule has 0 aliphatic rings. The van der Waals surface area contributed by atoms with Gasteiger partial charge in [0, 0.05) is 12.8 Å². The summed E-state index contributed by atoms with van der Waals surface area (Å²) in [5.74, 6) is -3.08. The lowest BCUT2D eigenvalue weighted by Crippen LogP contribution is -2.43. The van der Waals surface area contributed by atoms with Crippen molar-refractivity contribution in [3.63, 3.8) is 0 Å². The lowest BCUT2D eigenvalue weighted by molar-refractivity contribution is -0.142. The number of carbonyl (C=O) groups excluding carboxylic acids is 2. The van der Waals surface area contributed by atoms with Crippen LogP contribution in [0.25, 0.3) is 0 Å². The highest BCUT2D eigenvalue weighted by molar-refractivity contribution is 5.84. The normalized spacial score (nSPS) is 13.6. The van der Waals surface area contributed by atoms with Gasteiger partial charge in [-0.2, -0.15) is 0 Å². The minimum absolute atomic E-state index is 0.0628. The number of carboxylic acids is 2. The van der Waals surface area contributed by atoms with Crippen molar-refractivity contribution in [1.82, 2.24) is 10.6 Å². The van der Waals surface area contributed by atoms with E-state index in [2.05, 4.69) is 17.6 Å². The molecule has 2 amide bonds. The van der Waals surface area contributed by atoms with E-state index in [1.165, 1.54) is 32.1 Å². The minimum atomic E-state index is -1.20. The molecule has 7 N–H and O–H groups in total. The molecule has 0 aliphatic heterocycles. The number of carboxylic acid groups (broad SMARTS) is 2. The van der Waals surface area contributed by atoms with E-state index in [1.54, 1.807) is 0 Å². The van der Waals surface area contributed by atoms with Crippen molar-refractivity contribution in [2.75, 3.05) is 6.61 Å². The van der Waals surface area contributed by atoms with Gasteiger partial charge in [-0.25, -0.2) is 4.79 Å². The Balaban J connectivity index is 4.14. The Labute approximate surface area is 203 Å². The van der Waals surface area contributed by atoms with Crippen molar-refractivity contribution in [3.05, 3.63) is 0 Å². The summed E-state index contributed by atoms with van der Waals surface area (Å²) in [6.45, 7) is 1.86. The van der Waals surface area contributed by atoms with Crippen LogP contribution in [-0.2, 0) is 19.2 Å². The van der Waals surface area contributed by atoms with E-state index >= 15 is 0 Å². The number of aliphatic hydroxyl groups excluding tert-OH is 1. The van der Waals surface area contributed by atoms with Crippen LogP contribution < -0.4 is 16.4 Å². The summed E-state index contributed by atoms with van der Waals surface area (Å²) in [7, 11) is 0. The van der Waals surface area contributed by atoms with E-state index in [-0.39, 0.29) is 38.2 Å². The molecule has 198 valence electrons. The number of rotatable bonds is 22. The summed E-state index contributed by atoms with van der Waals surface area (Å²) in [6.07, 6.45) is 11.1. The molecule has 0 radical (unpaired) electrons. The molecule has 10 heteroatoms.